The van der Waals surface area contributed by atoms with E-state index in [1.54, 1.807) is 18.6 Å². The van der Waals surface area contributed by atoms with E-state index >= 15 is 0 Å². The molecule has 2 aliphatic rings. The van der Waals surface area contributed by atoms with Crippen molar-refractivity contribution < 1.29 is 9.53 Å². The quantitative estimate of drug-likeness (QED) is 0.792. The molecule has 2 atom stereocenters. The normalized spacial score (nSPS) is 25.1. The molecule has 0 saturated carbocycles. The number of hydrogen-bond acceptors (Lipinski definition) is 5. The molecule has 0 N–H and O–H groups in total. The number of rotatable bonds is 1. The Hall–Kier alpha value is -1.85. The Morgan fingerprint density at radius 1 is 1.24 bits per heavy atom. The summed E-state index contributed by atoms with van der Waals surface area (Å²) in [6.07, 6.45) is 7.16. The van der Waals surface area contributed by atoms with E-state index in [1.165, 1.54) is 0 Å². The molecule has 2 aliphatic heterocycles. The van der Waals surface area contributed by atoms with Crippen LogP contribution in [-0.4, -0.2) is 51.7 Å². The van der Waals surface area contributed by atoms with E-state index in [0.29, 0.717) is 25.2 Å². The van der Waals surface area contributed by atoms with Crippen LogP contribution >= 0.6 is 0 Å². The predicted molar refractivity (Wildman–Crippen MR) is 79.1 cm³/mol. The van der Waals surface area contributed by atoms with Gasteiger partial charge in [-0.1, -0.05) is 0 Å². The molecule has 0 aromatic carbocycles. The van der Waals surface area contributed by atoms with E-state index in [9.17, 15) is 4.79 Å². The monoisotopic (exact) mass is 290 g/mol. The van der Waals surface area contributed by atoms with Crippen LogP contribution in [0.2, 0.25) is 0 Å². The number of piperazine rings is 1. The highest BCUT2D eigenvalue weighted by Crippen LogP contribution is 2.33. The standard InChI is InChI=1S/C15H22N4O2/c1-15(2,3)21-14(20)18-9-11-4-5-12(10-18)19(11)13-8-16-6-7-17-13/h6-8,11-12H,4-5,9-10H2,1-3H3. The molecule has 0 radical (unpaired) electrons. The topological polar surface area (TPSA) is 58.6 Å². The number of aromatic nitrogens is 2. The Bertz CT molecular complexity index is 500. The van der Waals surface area contributed by atoms with Gasteiger partial charge < -0.3 is 14.5 Å². The fourth-order valence-corrected chi connectivity index (χ4v) is 3.18. The van der Waals surface area contributed by atoms with E-state index in [4.69, 9.17) is 4.74 Å². The average molecular weight is 290 g/mol. The van der Waals surface area contributed by atoms with Crippen LogP contribution in [0.5, 0.6) is 0 Å². The molecule has 6 heteroatoms. The molecule has 2 saturated heterocycles. The third kappa shape index (κ3) is 2.94. The highest BCUT2D eigenvalue weighted by molar-refractivity contribution is 5.69. The van der Waals surface area contributed by atoms with Crippen LogP contribution in [0, 0.1) is 0 Å². The molecular formula is C15H22N4O2. The van der Waals surface area contributed by atoms with Crippen LogP contribution in [0.3, 0.4) is 0 Å². The number of carbonyl (C=O) groups excluding carboxylic acids is 1. The first-order chi connectivity index (χ1) is 9.94. The Balaban J connectivity index is 1.71. The third-order valence-electron chi connectivity index (χ3n) is 3.95. The number of carbonyl (C=O) groups is 1. The van der Waals surface area contributed by atoms with Crippen molar-refractivity contribution in [2.75, 3.05) is 18.0 Å². The minimum Gasteiger partial charge on any atom is -0.444 e. The zero-order chi connectivity index (χ0) is 15.0. The summed E-state index contributed by atoms with van der Waals surface area (Å²) in [6, 6.07) is 0.626. The fourth-order valence-electron chi connectivity index (χ4n) is 3.18. The molecule has 0 spiro atoms. The van der Waals surface area contributed by atoms with Crippen molar-refractivity contribution in [3.8, 4) is 0 Å². The highest BCUT2D eigenvalue weighted by atomic mass is 16.6. The summed E-state index contributed by atoms with van der Waals surface area (Å²) < 4.78 is 5.48. The Morgan fingerprint density at radius 2 is 1.90 bits per heavy atom. The Kier molecular flexibility index (Phi) is 3.47. The fraction of sp³-hybridized carbons (Fsp3) is 0.667. The molecule has 1 amide bonds. The van der Waals surface area contributed by atoms with Crippen LogP contribution in [-0.2, 0) is 4.74 Å². The number of likely N-dealkylation sites (tertiary alicyclic amines) is 1. The van der Waals surface area contributed by atoms with Crippen molar-refractivity contribution in [3.63, 3.8) is 0 Å². The van der Waals surface area contributed by atoms with Gasteiger partial charge in [0.25, 0.3) is 0 Å². The van der Waals surface area contributed by atoms with Gasteiger partial charge in [0.05, 0.1) is 6.20 Å². The van der Waals surface area contributed by atoms with E-state index in [1.807, 2.05) is 25.7 Å². The summed E-state index contributed by atoms with van der Waals surface area (Å²) in [7, 11) is 0. The first kappa shape index (κ1) is 14.1. The highest BCUT2D eigenvalue weighted by Gasteiger charge is 2.43. The van der Waals surface area contributed by atoms with Crippen molar-refractivity contribution in [1.29, 1.82) is 0 Å². The Morgan fingerprint density at radius 3 is 2.43 bits per heavy atom. The molecular weight excluding hydrogens is 268 g/mol. The van der Waals surface area contributed by atoms with Gasteiger partial charge in [0.2, 0.25) is 0 Å². The maximum absolute atomic E-state index is 12.2. The minimum atomic E-state index is -0.446. The molecule has 2 unspecified atom stereocenters. The number of fused-ring (bicyclic) bond motifs is 2. The van der Waals surface area contributed by atoms with E-state index in [-0.39, 0.29) is 6.09 Å². The molecule has 2 fully saturated rings. The predicted octanol–water partition coefficient (Wildman–Crippen LogP) is 2.06. The SMILES string of the molecule is CC(C)(C)OC(=O)N1CC2CCC(C1)N2c1cnccn1. The molecule has 1 aromatic rings. The van der Waals surface area contributed by atoms with Crippen molar-refractivity contribution >= 4 is 11.9 Å². The zero-order valence-corrected chi connectivity index (χ0v) is 12.8. The van der Waals surface area contributed by atoms with Crippen molar-refractivity contribution in [2.24, 2.45) is 0 Å². The van der Waals surface area contributed by atoms with Gasteiger partial charge in [-0.25, -0.2) is 9.78 Å². The number of amides is 1. The summed E-state index contributed by atoms with van der Waals surface area (Å²) in [6.45, 7) is 7.09. The first-order valence-electron chi connectivity index (χ1n) is 7.46. The molecule has 3 heterocycles. The molecule has 114 valence electrons. The lowest BCUT2D eigenvalue weighted by molar-refractivity contribution is 0.0209. The van der Waals surface area contributed by atoms with Crippen LogP contribution in [0.1, 0.15) is 33.6 Å². The van der Waals surface area contributed by atoms with Gasteiger partial charge >= 0.3 is 6.09 Å². The molecule has 1 aromatic heterocycles. The lowest BCUT2D eigenvalue weighted by Gasteiger charge is -2.41. The summed E-state index contributed by atoms with van der Waals surface area (Å²) in [5, 5.41) is 0. The summed E-state index contributed by atoms with van der Waals surface area (Å²) >= 11 is 0. The summed E-state index contributed by atoms with van der Waals surface area (Å²) in [5.41, 5.74) is -0.446. The van der Waals surface area contributed by atoms with E-state index in [0.717, 1.165) is 18.7 Å². The number of ether oxygens (including phenoxy) is 1. The number of nitrogens with zero attached hydrogens (tertiary/aromatic N) is 4. The molecule has 21 heavy (non-hydrogen) atoms. The molecule has 0 aliphatic carbocycles. The summed E-state index contributed by atoms with van der Waals surface area (Å²) in [4.78, 5) is 24.9. The van der Waals surface area contributed by atoms with Crippen molar-refractivity contribution in [3.05, 3.63) is 18.6 Å². The smallest absolute Gasteiger partial charge is 0.410 e. The van der Waals surface area contributed by atoms with Gasteiger partial charge in [-0.15, -0.1) is 0 Å². The lowest BCUT2D eigenvalue weighted by Crippen LogP contribution is -2.56. The first-order valence-corrected chi connectivity index (χ1v) is 7.46. The lowest BCUT2D eigenvalue weighted by atomic mass is 10.2. The van der Waals surface area contributed by atoms with Crippen molar-refractivity contribution in [2.45, 2.75) is 51.3 Å². The minimum absolute atomic E-state index is 0.210. The summed E-state index contributed by atoms with van der Waals surface area (Å²) in [5.74, 6) is 0.911. The van der Waals surface area contributed by atoms with Crippen LogP contribution < -0.4 is 4.90 Å². The molecule has 2 bridgehead atoms. The van der Waals surface area contributed by atoms with E-state index in [2.05, 4.69) is 14.9 Å². The average Bonchev–Trinajstić information content (AvgIpc) is 2.68. The van der Waals surface area contributed by atoms with Crippen LogP contribution in [0.15, 0.2) is 18.6 Å². The second-order valence-corrected chi connectivity index (χ2v) is 6.74. The van der Waals surface area contributed by atoms with Gasteiger partial charge in [0.15, 0.2) is 0 Å². The van der Waals surface area contributed by atoms with Gasteiger partial charge in [0, 0.05) is 37.6 Å². The van der Waals surface area contributed by atoms with Crippen LogP contribution in [0.25, 0.3) is 0 Å². The number of anilines is 1. The van der Waals surface area contributed by atoms with Gasteiger partial charge in [-0.3, -0.25) is 4.98 Å². The van der Waals surface area contributed by atoms with E-state index < -0.39 is 5.60 Å². The molecule has 6 nitrogen and oxygen atoms in total. The Labute approximate surface area is 125 Å². The van der Waals surface area contributed by atoms with Crippen LogP contribution in [0.4, 0.5) is 10.6 Å². The number of hydrogen-bond donors (Lipinski definition) is 0. The third-order valence-corrected chi connectivity index (χ3v) is 3.95. The van der Waals surface area contributed by atoms with Gasteiger partial charge in [-0.2, -0.15) is 0 Å². The van der Waals surface area contributed by atoms with Gasteiger partial charge in [-0.05, 0) is 33.6 Å². The maximum atomic E-state index is 12.2. The van der Waals surface area contributed by atoms with Gasteiger partial charge in [0.1, 0.15) is 11.4 Å². The molecule has 3 rings (SSSR count). The van der Waals surface area contributed by atoms with Crippen molar-refractivity contribution in [1.82, 2.24) is 14.9 Å². The largest absolute Gasteiger partial charge is 0.444 e. The second kappa shape index (κ2) is 5.16. The zero-order valence-electron chi connectivity index (χ0n) is 12.8. The second-order valence-electron chi connectivity index (χ2n) is 6.74. The maximum Gasteiger partial charge on any atom is 0.410 e.